The summed E-state index contributed by atoms with van der Waals surface area (Å²) in [5.41, 5.74) is 0.606. The van der Waals surface area contributed by atoms with Gasteiger partial charge in [-0.15, -0.1) is 0 Å². The molecule has 0 aliphatic carbocycles. The third kappa shape index (κ3) is 7.28. The molecule has 0 bridgehead atoms. The Balaban J connectivity index is 1.54. The van der Waals surface area contributed by atoms with Crippen molar-refractivity contribution in [3.8, 4) is 0 Å². The van der Waals surface area contributed by atoms with Gasteiger partial charge in [-0.25, -0.2) is 9.37 Å². The number of benzene rings is 2. The van der Waals surface area contributed by atoms with Crippen molar-refractivity contribution in [2.24, 2.45) is 0 Å². The average Bonchev–Trinajstić information content (AvgIpc) is 2.89. The van der Waals surface area contributed by atoms with E-state index in [0.29, 0.717) is 24.5 Å². The van der Waals surface area contributed by atoms with Crippen LogP contribution in [0.2, 0.25) is 0 Å². The Morgan fingerprint density at radius 3 is 2.47 bits per heavy atom. The Labute approximate surface area is 216 Å². The molecule has 3 aromatic rings. The third-order valence-corrected chi connectivity index (χ3v) is 5.45. The number of nitrogens with zero attached hydrogens (tertiary/aromatic N) is 3. The number of aromatic nitrogens is 2. The number of nitrogens with one attached hydrogen (secondary N) is 3. The number of hydrogen-bond acceptors (Lipinski definition) is 6. The normalized spacial score (nSPS) is 11.0. The van der Waals surface area contributed by atoms with Crippen LogP contribution in [-0.2, 0) is 11.0 Å². The maximum Gasteiger partial charge on any atom is 0.416 e. The van der Waals surface area contributed by atoms with Gasteiger partial charge in [-0.3, -0.25) is 9.59 Å². The van der Waals surface area contributed by atoms with E-state index >= 15 is 0 Å². The van der Waals surface area contributed by atoms with Gasteiger partial charge >= 0.3 is 6.18 Å². The fraction of sp³-hybridized carbons (Fsp3) is 0.231. The summed E-state index contributed by atoms with van der Waals surface area (Å²) in [4.78, 5) is 33.8. The Morgan fingerprint density at radius 2 is 1.82 bits per heavy atom. The van der Waals surface area contributed by atoms with Crippen LogP contribution in [0.25, 0.3) is 0 Å². The second-order valence-corrected chi connectivity index (χ2v) is 8.23. The Morgan fingerprint density at radius 1 is 1.11 bits per heavy atom. The first-order valence-electron chi connectivity index (χ1n) is 11.5. The van der Waals surface area contributed by atoms with Crippen LogP contribution in [0.15, 0.2) is 61.3 Å². The second kappa shape index (κ2) is 12.2. The molecule has 0 spiro atoms. The molecule has 0 fully saturated rings. The standard InChI is InChI=1S/C26H26F4N6O2/c1-4-22(37)36(3)21-14-19(10-11-20(21)27)34-25-33-15-16(2)23(35-25)31-12-5-13-32-24(38)17-6-8-18(9-7-17)26(28,29)30/h4,6-11,14-15H,1,5,12-13H2,2-3H3,(H,32,38)(H2,31,33,34,35). The molecule has 8 nitrogen and oxygen atoms in total. The minimum Gasteiger partial charge on any atom is -0.370 e. The summed E-state index contributed by atoms with van der Waals surface area (Å²) in [7, 11) is 1.43. The molecule has 1 aromatic heterocycles. The lowest BCUT2D eigenvalue weighted by atomic mass is 10.1. The Kier molecular flexibility index (Phi) is 9.00. The van der Waals surface area contributed by atoms with Crippen LogP contribution in [0.4, 0.5) is 40.7 Å². The van der Waals surface area contributed by atoms with Gasteiger partial charge in [0.2, 0.25) is 11.9 Å². The topological polar surface area (TPSA) is 99.3 Å². The molecule has 12 heteroatoms. The lowest BCUT2D eigenvalue weighted by Crippen LogP contribution is -2.26. The van der Waals surface area contributed by atoms with Crippen LogP contribution >= 0.6 is 0 Å². The van der Waals surface area contributed by atoms with Crippen molar-refractivity contribution in [3.05, 3.63) is 83.8 Å². The Bertz CT molecular complexity index is 1310. The van der Waals surface area contributed by atoms with E-state index in [1.165, 1.54) is 25.2 Å². The smallest absolute Gasteiger partial charge is 0.370 e. The number of amides is 2. The van der Waals surface area contributed by atoms with Crippen LogP contribution in [0.1, 0.15) is 27.9 Å². The lowest BCUT2D eigenvalue weighted by Gasteiger charge is -2.17. The van der Waals surface area contributed by atoms with E-state index in [0.717, 1.165) is 40.8 Å². The highest BCUT2D eigenvalue weighted by Gasteiger charge is 2.30. The average molecular weight is 531 g/mol. The van der Waals surface area contributed by atoms with Crippen LogP contribution < -0.4 is 20.9 Å². The van der Waals surface area contributed by atoms with Crippen LogP contribution in [-0.4, -0.2) is 41.9 Å². The number of halogens is 4. The molecule has 0 saturated heterocycles. The summed E-state index contributed by atoms with van der Waals surface area (Å²) in [6.07, 6.45) is -1.26. The van der Waals surface area contributed by atoms with Crippen molar-refractivity contribution in [2.45, 2.75) is 19.5 Å². The zero-order valence-electron chi connectivity index (χ0n) is 20.7. The highest BCUT2D eigenvalue weighted by Crippen LogP contribution is 2.29. The first-order valence-corrected chi connectivity index (χ1v) is 11.5. The highest BCUT2D eigenvalue weighted by molar-refractivity contribution is 6.01. The van der Waals surface area contributed by atoms with Gasteiger partial charge in [-0.1, -0.05) is 6.58 Å². The first-order chi connectivity index (χ1) is 18.0. The van der Waals surface area contributed by atoms with Crippen LogP contribution in [0.5, 0.6) is 0 Å². The van der Waals surface area contributed by atoms with Crippen molar-refractivity contribution in [2.75, 3.05) is 35.7 Å². The quantitative estimate of drug-likeness (QED) is 0.192. The molecule has 0 saturated carbocycles. The van der Waals surface area contributed by atoms with Gasteiger partial charge in [-0.2, -0.15) is 18.2 Å². The van der Waals surface area contributed by atoms with Crippen LogP contribution in [0, 0.1) is 12.7 Å². The fourth-order valence-electron chi connectivity index (χ4n) is 3.32. The molecule has 2 aromatic carbocycles. The Hall–Kier alpha value is -4.48. The maximum absolute atomic E-state index is 14.2. The number of likely N-dealkylation sites (N-methyl/N-ethyl adjacent to an activating group) is 1. The summed E-state index contributed by atoms with van der Waals surface area (Å²) in [6, 6.07) is 8.16. The molecule has 38 heavy (non-hydrogen) atoms. The summed E-state index contributed by atoms with van der Waals surface area (Å²) < 4.78 is 52.2. The number of carbonyl (C=O) groups is 2. The summed E-state index contributed by atoms with van der Waals surface area (Å²) >= 11 is 0. The minimum atomic E-state index is -4.46. The maximum atomic E-state index is 14.2. The molecule has 0 radical (unpaired) electrons. The van der Waals surface area contributed by atoms with Crippen molar-refractivity contribution < 1.29 is 27.2 Å². The monoisotopic (exact) mass is 530 g/mol. The van der Waals surface area contributed by atoms with E-state index in [9.17, 15) is 27.2 Å². The summed E-state index contributed by atoms with van der Waals surface area (Å²) in [6.45, 7) is 5.95. The summed E-state index contributed by atoms with van der Waals surface area (Å²) in [5, 5.41) is 8.79. The largest absolute Gasteiger partial charge is 0.416 e. The molecule has 0 atom stereocenters. The fourth-order valence-corrected chi connectivity index (χ4v) is 3.32. The predicted octanol–water partition coefficient (Wildman–Crippen LogP) is 5.07. The van der Waals surface area contributed by atoms with Gasteiger partial charge in [0.25, 0.3) is 5.91 Å². The zero-order chi connectivity index (χ0) is 27.9. The molecule has 200 valence electrons. The van der Waals surface area contributed by atoms with Gasteiger partial charge in [0.15, 0.2) is 0 Å². The molecule has 0 unspecified atom stereocenters. The van der Waals surface area contributed by atoms with Gasteiger partial charge in [0.05, 0.1) is 11.3 Å². The van der Waals surface area contributed by atoms with Crippen LogP contribution in [0.3, 0.4) is 0 Å². The number of aryl methyl sites for hydroxylation is 1. The number of carbonyl (C=O) groups excluding carboxylic acids is 2. The minimum absolute atomic E-state index is 0.0590. The van der Waals surface area contributed by atoms with E-state index in [1.807, 2.05) is 6.92 Å². The molecular formula is C26H26F4N6O2. The van der Waals surface area contributed by atoms with Gasteiger partial charge in [0, 0.05) is 43.1 Å². The zero-order valence-corrected chi connectivity index (χ0v) is 20.7. The van der Waals surface area contributed by atoms with Crippen molar-refractivity contribution in [1.29, 1.82) is 0 Å². The molecule has 3 N–H and O–H groups in total. The van der Waals surface area contributed by atoms with Gasteiger partial charge in [-0.05, 0) is 61.9 Å². The van der Waals surface area contributed by atoms with Crippen molar-refractivity contribution >= 4 is 35.0 Å². The molecular weight excluding hydrogens is 504 g/mol. The SMILES string of the molecule is C=CC(=O)N(C)c1cc(Nc2ncc(C)c(NCCCNC(=O)c3ccc(C(F)(F)F)cc3)n2)ccc1F. The van der Waals surface area contributed by atoms with E-state index in [-0.39, 0.29) is 23.7 Å². The van der Waals surface area contributed by atoms with Crippen molar-refractivity contribution in [1.82, 2.24) is 15.3 Å². The predicted molar refractivity (Wildman–Crippen MR) is 137 cm³/mol. The van der Waals surface area contributed by atoms with Gasteiger partial charge in [0.1, 0.15) is 11.6 Å². The molecule has 0 aliphatic heterocycles. The number of rotatable bonds is 10. The van der Waals surface area contributed by atoms with E-state index in [1.54, 1.807) is 6.20 Å². The third-order valence-electron chi connectivity index (χ3n) is 5.45. The molecule has 1 heterocycles. The molecule has 0 aliphatic rings. The van der Waals surface area contributed by atoms with Crippen molar-refractivity contribution in [3.63, 3.8) is 0 Å². The van der Waals surface area contributed by atoms with E-state index < -0.39 is 29.4 Å². The second-order valence-electron chi connectivity index (χ2n) is 8.23. The number of alkyl halides is 3. The highest BCUT2D eigenvalue weighted by atomic mass is 19.4. The van der Waals surface area contributed by atoms with E-state index in [2.05, 4.69) is 32.5 Å². The molecule has 2 amide bonds. The lowest BCUT2D eigenvalue weighted by molar-refractivity contribution is -0.137. The van der Waals surface area contributed by atoms with E-state index in [4.69, 9.17) is 0 Å². The summed E-state index contributed by atoms with van der Waals surface area (Å²) in [5.74, 6) is -0.732. The number of hydrogen-bond donors (Lipinski definition) is 3. The molecule has 3 rings (SSSR count). The van der Waals surface area contributed by atoms with Gasteiger partial charge < -0.3 is 20.9 Å². The first kappa shape index (κ1) is 28.1. The number of anilines is 4.